The van der Waals surface area contributed by atoms with E-state index in [1.54, 1.807) is 21.9 Å². The van der Waals surface area contributed by atoms with Crippen molar-refractivity contribution < 1.29 is 19.2 Å². The molecule has 2 amide bonds. The molecule has 33 heavy (non-hydrogen) atoms. The molecule has 0 saturated carbocycles. The van der Waals surface area contributed by atoms with Crippen LogP contribution < -0.4 is 9.80 Å². The molecule has 1 fully saturated rings. The molecule has 170 valence electrons. The Bertz CT molecular complexity index is 1130. The summed E-state index contributed by atoms with van der Waals surface area (Å²) in [5, 5.41) is 11.8. The molecular formula is C24H24N4O5. The summed E-state index contributed by atoms with van der Waals surface area (Å²) in [4.78, 5) is 41.9. The Labute approximate surface area is 191 Å². The molecule has 9 heteroatoms. The van der Waals surface area contributed by atoms with Gasteiger partial charge in [-0.2, -0.15) is 0 Å². The van der Waals surface area contributed by atoms with E-state index in [0.29, 0.717) is 50.3 Å². The number of piperidine rings is 1. The number of fused-ring (bicyclic) bond motifs is 1. The zero-order chi connectivity index (χ0) is 22.9. The molecule has 3 heterocycles. The third-order valence-corrected chi connectivity index (χ3v) is 6.49. The van der Waals surface area contributed by atoms with Crippen molar-refractivity contribution in [2.24, 2.45) is 0 Å². The molecule has 3 aliphatic rings. The molecular weight excluding hydrogens is 424 g/mol. The van der Waals surface area contributed by atoms with Crippen molar-refractivity contribution in [3.05, 3.63) is 75.9 Å². The highest BCUT2D eigenvalue weighted by molar-refractivity contribution is 5.96. The van der Waals surface area contributed by atoms with Crippen molar-refractivity contribution in [3.8, 4) is 0 Å². The van der Waals surface area contributed by atoms with Crippen LogP contribution >= 0.6 is 0 Å². The lowest BCUT2D eigenvalue weighted by molar-refractivity contribution is -0.384. The molecule has 0 atom stereocenters. The number of para-hydroxylation sites is 1. The van der Waals surface area contributed by atoms with E-state index in [9.17, 15) is 19.7 Å². The molecule has 0 spiro atoms. The van der Waals surface area contributed by atoms with Crippen molar-refractivity contribution in [1.29, 1.82) is 0 Å². The maximum absolute atomic E-state index is 12.7. The normalized spacial score (nSPS) is 18.3. The first kappa shape index (κ1) is 21.0. The van der Waals surface area contributed by atoms with Gasteiger partial charge in [0.1, 0.15) is 12.3 Å². The monoisotopic (exact) mass is 448 g/mol. The molecule has 5 rings (SSSR count). The molecule has 2 aromatic rings. The Morgan fingerprint density at radius 2 is 1.76 bits per heavy atom. The summed E-state index contributed by atoms with van der Waals surface area (Å²) >= 11 is 0. The zero-order valence-electron chi connectivity index (χ0n) is 18.1. The van der Waals surface area contributed by atoms with Gasteiger partial charge in [0, 0.05) is 49.4 Å². The summed E-state index contributed by atoms with van der Waals surface area (Å²) in [5.74, 6) is -0.212. The van der Waals surface area contributed by atoms with Crippen LogP contribution in [0.3, 0.4) is 0 Å². The number of ether oxygens (including phenoxy) is 1. The van der Waals surface area contributed by atoms with Gasteiger partial charge in [0.15, 0.2) is 0 Å². The van der Waals surface area contributed by atoms with E-state index in [4.69, 9.17) is 4.74 Å². The van der Waals surface area contributed by atoms with Gasteiger partial charge < -0.3 is 14.5 Å². The topological polar surface area (TPSA) is 96.2 Å². The van der Waals surface area contributed by atoms with E-state index in [1.165, 1.54) is 6.07 Å². The van der Waals surface area contributed by atoms with Gasteiger partial charge in [-0.05, 0) is 31.0 Å². The summed E-state index contributed by atoms with van der Waals surface area (Å²) in [7, 11) is 0. The minimum absolute atomic E-state index is 0.0437. The van der Waals surface area contributed by atoms with E-state index >= 15 is 0 Å². The Morgan fingerprint density at radius 1 is 1.03 bits per heavy atom. The van der Waals surface area contributed by atoms with Crippen molar-refractivity contribution in [1.82, 2.24) is 4.90 Å². The first-order valence-corrected chi connectivity index (χ1v) is 11.0. The fourth-order valence-electron chi connectivity index (χ4n) is 4.78. The second kappa shape index (κ2) is 8.57. The average molecular weight is 448 g/mol. The molecule has 3 aliphatic heterocycles. The smallest absolute Gasteiger partial charge is 0.414 e. The highest BCUT2D eigenvalue weighted by Crippen LogP contribution is 2.35. The van der Waals surface area contributed by atoms with E-state index in [-0.39, 0.29) is 30.3 Å². The average Bonchev–Trinajstić information content (AvgIpc) is 3.38. The number of anilines is 2. The van der Waals surface area contributed by atoms with E-state index < -0.39 is 4.92 Å². The van der Waals surface area contributed by atoms with Crippen LogP contribution in [0.4, 0.5) is 21.9 Å². The number of benzene rings is 2. The van der Waals surface area contributed by atoms with E-state index in [2.05, 4.69) is 0 Å². The predicted octanol–water partition coefficient (Wildman–Crippen LogP) is 3.73. The van der Waals surface area contributed by atoms with Crippen molar-refractivity contribution >= 4 is 29.1 Å². The quantitative estimate of drug-likeness (QED) is 0.402. The number of amides is 2. The van der Waals surface area contributed by atoms with Gasteiger partial charge in [0.25, 0.3) is 11.6 Å². The van der Waals surface area contributed by atoms with Crippen LogP contribution in [0.5, 0.6) is 0 Å². The number of rotatable bonds is 4. The number of nitro groups is 1. The Kier molecular flexibility index (Phi) is 5.45. The first-order chi connectivity index (χ1) is 16.0. The van der Waals surface area contributed by atoms with Gasteiger partial charge >= 0.3 is 6.09 Å². The number of nitrogens with zero attached hydrogens (tertiary/aromatic N) is 4. The standard InChI is InChI=1S/C24H24N4O5/c29-23(26-11-3-4-12-26)17-7-8-21(22(15-17)28(31)32)25-13-9-19(10-14-25)27-20-6-2-1-5-18(20)16-33-24(27)30/h1-8,15,19H,9-14,16H2. The van der Waals surface area contributed by atoms with Crippen molar-refractivity contribution in [2.45, 2.75) is 25.5 Å². The molecule has 0 aliphatic carbocycles. The molecule has 9 nitrogen and oxygen atoms in total. The number of hydrogen-bond donors (Lipinski definition) is 0. The Morgan fingerprint density at radius 3 is 2.48 bits per heavy atom. The summed E-state index contributed by atoms with van der Waals surface area (Å²) in [6.07, 6.45) is 4.77. The van der Waals surface area contributed by atoms with Crippen molar-refractivity contribution in [2.75, 3.05) is 36.0 Å². The van der Waals surface area contributed by atoms with Crippen LogP contribution in [0.15, 0.2) is 54.6 Å². The fraction of sp³-hybridized carbons (Fsp3) is 0.333. The Hall–Kier alpha value is -3.88. The molecule has 1 saturated heterocycles. The van der Waals surface area contributed by atoms with Crippen LogP contribution in [-0.4, -0.2) is 54.0 Å². The van der Waals surface area contributed by atoms with Gasteiger partial charge in [0.05, 0.1) is 10.6 Å². The molecule has 0 bridgehead atoms. The van der Waals surface area contributed by atoms with Crippen LogP contribution in [0, 0.1) is 10.1 Å². The number of carbonyl (C=O) groups excluding carboxylic acids is 2. The summed E-state index contributed by atoms with van der Waals surface area (Å²) in [5.41, 5.74) is 2.59. The molecule has 0 aromatic heterocycles. The van der Waals surface area contributed by atoms with Crippen LogP contribution in [-0.2, 0) is 11.3 Å². The predicted molar refractivity (Wildman–Crippen MR) is 122 cm³/mol. The second-order valence-electron chi connectivity index (χ2n) is 8.41. The SMILES string of the molecule is O=C(c1ccc(N2CCC(N3C(=O)OCc4ccccc43)CC2)c([N+](=O)[O-])c1)N1CC=CC1. The number of cyclic esters (lactones) is 1. The maximum Gasteiger partial charge on any atom is 0.414 e. The summed E-state index contributed by atoms with van der Waals surface area (Å²) in [6, 6.07) is 12.4. The van der Waals surface area contributed by atoms with Gasteiger partial charge in [-0.15, -0.1) is 0 Å². The highest BCUT2D eigenvalue weighted by Gasteiger charge is 2.35. The lowest BCUT2D eigenvalue weighted by atomic mass is 9.99. The molecule has 0 N–H and O–H groups in total. The minimum Gasteiger partial charge on any atom is -0.444 e. The van der Waals surface area contributed by atoms with Crippen LogP contribution in [0.25, 0.3) is 0 Å². The first-order valence-electron chi connectivity index (χ1n) is 11.0. The number of carbonyl (C=O) groups is 2. The lowest BCUT2D eigenvalue weighted by Crippen LogP contribution is -2.49. The molecule has 2 aromatic carbocycles. The maximum atomic E-state index is 12.7. The molecule has 0 radical (unpaired) electrons. The number of nitro benzene ring substituents is 1. The third-order valence-electron chi connectivity index (χ3n) is 6.49. The van der Waals surface area contributed by atoms with Gasteiger partial charge in [-0.1, -0.05) is 30.4 Å². The van der Waals surface area contributed by atoms with Gasteiger partial charge in [-0.25, -0.2) is 4.79 Å². The number of hydrogen-bond acceptors (Lipinski definition) is 6. The molecule has 0 unspecified atom stereocenters. The van der Waals surface area contributed by atoms with Gasteiger partial charge in [0.2, 0.25) is 0 Å². The van der Waals surface area contributed by atoms with Gasteiger partial charge in [-0.3, -0.25) is 19.8 Å². The third kappa shape index (κ3) is 3.90. The summed E-state index contributed by atoms with van der Waals surface area (Å²) in [6.45, 7) is 2.42. The highest BCUT2D eigenvalue weighted by atomic mass is 16.6. The van der Waals surface area contributed by atoms with E-state index in [1.807, 2.05) is 41.3 Å². The summed E-state index contributed by atoms with van der Waals surface area (Å²) < 4.78 is 5.35. The second-order valence-corrected chi connectivity index (χ2v) is 8.41. The Balaban J connectivity index is 1.33. The lowest BCUT2D eigenvalue weighted by Gasteiger charge is -2.40. The van der Waals surface area contributed by atoms with Crippen molar-refractivity contribution in [3.63, 3.8) is 0 Å². The largest absolute Gasteiger partial charge is 0.444 e. The van der Waals surface area contributed by atoms with E-state index in [0.717, 1.165) is 11.3 Å². The zero-order valence-corrected chi connectivity index (χ0v) is 18.1. The fourth-order valence-corrected chi connectivity index (χ4v) is 4.78. The van der Waals surface area contributed by atoms with Crippen LogP contribution in [0.2, 0.25) is 0 Å². The van der Waals surface area contributed by atoms with Crippen LogP contribution in [0.1, 0.15) is 28.8 Å². The minimum atomic E-state index is -0.432.